The van der Waals surface area contributed by atoms with E-state index < -0.39 is 5.41 Å². The number of anilines is 4. The van der Waals surface area contributed by atoms with Crippen LogP contribution >= 0.6 is 0 Å². The lowest BCUT2D eigenvalue weighted by Crippen LogP contribution is -2.65. The van der Waals surface area contributed by atoms with Crippen LogP contribution in [0.25, 0.3) is 21.9 Å². The van der Waals surface area contributed by atoms with Crippen LogP contribution in [0.5, 0.6) is 0 Å². The van der Waals surface area contributed by atoms with E-state index in [0.29, 0.717) is 0 Å². The number of para-hydroxylation sites is 2. The van der Waals surface area contributed by atoms with Crippen LogP contribution in [0, 0.1) is 0 Å². The molecule has 2 nitrogen and oxygen atoms in total. The standard InChI is InChI=1S/C53H47BN2/c1-50(2,3)37-32-43-49-44(33-37)54-46-40(31-34-19-12-13-24-38(34)48(46)55(49)52(5)30-17-16-29-51(43,52)4)39-25-18-27-42-47(39)56(54)45-28-15-14-26-41(45)53(42,35-20-8-6-9-21-35)36-22-10-7-11-23-36/h6-15,18-28,31-33H,16-17,29-30H2,1-5H3. The minimum atomic E-state index is -0.510. The summed E-state index contributed by atoms with van der Waals surface area (Å²) < 4.78 is 0. The average Bonchev–Trinajstić information content (AvgIpc) is 3.43. The van der Waals surface area contributed by atoms with Gasteiger partial charge in [0.15, 0.2) is 0 Å². The molecule has 0 amide bonds. The van der Waals surface area contributed by atoms with E-state index in [4.69, 9.17) is 0 Å². The molecule has 5 aliphatic rings. The van der Waals surface area contributed by atoms with Gasteiger partial charge in [0.05, 0.1) is 11.0 Å². The fourth-order valence-electron chi connectivity index (χ4n) is 12.4. The summed E-state index contributed by atoms with van der Waals surface area (Å²) in [6.07, 6.45) is 4.95. The second-order valence-electron chi connectivity index (χ2n) is 18.7. The zero-order valence-electron chi connectivity index (χ0n) is 33.2. The van der Waals surface area contributed by atoms with Crippen molar-refractivity contribution >= 4 is 51.3 Å². The van der Waals surface area contributed by atoms with Crippen LogP contribution in [-0.2, 0) is 16.2 Å². The molecule has 0 radical (unpaired) electrons. The summed E-state index contributed by atoms with van der Waals surface area (Å²) in [5, 5.41) is 2.69. The van der Waals surface area contributed by atoms with Crippen molar-refractivity contribution in [1.82, 2.24) is 0 Å². The van der Waals surface area contributed by atoms with Gasteiger partial charge in [0.1, 0.15) is 0 Å². The molecule has 2 atom stereocenters. The fraction of sp³-hybridized carbons (Fsp3) is 0.245. The summed E-state index contributed by atoms with van der Waals surface area (Å²) in [6.45, 7) is 12.5. The number of nitrogens with zero attached hydrogens (tertiary/aromatic N) is 2. The smallest absolute Gasteiger partial charge is 0.333 e. The van der Waals surface area contributed by atoms with Gasteiger partial charge in [-0.25, -0.2) is 0 Å². The van der Waals surface area contributed by atoms with Gasteiger partial charge >= 0.3 is 6.85 Å². The van der Waals surface area contributed by atoms with Crippen LogP contribution in [0.15, 0.2) is 146 Å². The Bertz CT molecular complexity index is 2760. The van der Waals surface area contributed by atoms with Gasteiger partial charge in [0.2, 0.25) is 0 Å². The van der Waals surface area contributed by atoms with E-state index in [-0.39, 0.29) is 23.2 Å². The van der Waals surface area contributed by atoms with Gasteiger partial charge in [-0.1, -0.05) is 174 Å². The van der Waals surface area contributed by atoms with Crippen molar-refractivity contribution in [3.05, 3.63) is 179 Å². The molecular formula is C53H47BN2. The second kappa shape index (κ2) is 10.9. The Morgan fingerprint density at radius 3 is 1.98 bits per heavy atom. The predicted octanol–water partition coefficient (Wildman–Crippen LogP) is 11.8. The summed E-state index contributed by atoms with van der Waals surface area (Å²) in [7, 11) is 0. The molecule has 0 aromatic heterocycles. The van der Waals surface area contributed by atoms with Crippen molar-refractivity contribution in [2.24, 2.45) is 0 Å². The van der Waals surface area contributed by atoms with E-state index in [1.807, 2.05) is 0 Å². The maximum Gasteiger partial charge on any atom is 0.333 e. The Kier molecular flexibility index (Phi) is 6.33. The lowest BCUT2D eigenvalue weighted by Gasteiger charge is -2.55. The Morgan fingerprint density at radius 1 is 0.571 bits per heavy atom. The van der Waals surface area contributed by atoms with Gasteiger partial charge in [-0.3, -0.25) is 0 Å². The van der Waals surface area contributed by atoms with Crippen molar-refractivity contribution in [1.29, 1.82) is 0 Å². The van der Waals surface area contributed by atoms with Gasteiger partial charge in [-0.15, -0.1) is 0 Å². The molecule has 0 bridgehead atoms. The second-order valence-corrected chi connectivity index (χ2v) is 18.7. The number of hydrogen-bond donors (Lipinski definition) is 0. The maximum absolute atomic E-state index is 2.91. The minimum absolute atomic E-state index is 0.000181. The maximum atomic E-state index is 2.91. The number of benzene rings is 7. The van der Waals surface area contributed by atoms with Gasteiger partial charge in [-0.05, 0) is 92.6 Å². The molecule has 3 heteroatoms. The zero-order chi connectivity index (χ0) is 37.8. The van der Waals surface area contributed by atoms with Crippen LogP contribution < -0.4 is 20.6 Å². The van der Waals surface area contributed by atoms with Crippen molar-refractivity contribution in [2.75, 3.05) is 9.71 Å². The third-order valence-electron chi connectivity index (χ3n) is 15.2. The normalized spacial score (nSPS) is 21.9. The Hall–Kier alpha value is -5.54. The number of rotatable bonds is 2. The predicted molar refractivity (Wildman–Crippen MR) is 236 cm³/mol. The zero-order valence-corrected chi connectivity index (χ0v) is 33.2. The van der Waals surface area contributed by atoms with E-state index in [2.05, 4.69) is 190 Å². The lowest BCUT2D eigenvalue weighted by atomic mass is 9.41. The first-order chi connectivity index (χ1) is 27.2. The van der Waals surface area contributed by atoms with Gasteiger partial charge in [-0.2, -0.15) is 0 Å². The highest BCUT2D eigenvalue weighted by Crippen LogP contribution is 2.65. The highest BCUT2D eigenvalue weighted by molar-refractivity contribution is 6.94. The van der Waals surface area contributed by atoms with Gasteiger partial charge in [0.25, 0.3) is 0 Å². The van der Waals surface area contributed by atoms with E-state index >= 15 is 0 Å². The Morgan fingerprint density at radius 2 is 1.23 bits per heavy atom. The highest BCUT2D eigenvalue weighted by atomic mass is 15.3. The number of hydrogen-bond acceptors (Lipinski definition) is 2. The van der Waals surface area contributed by atoms with E-state index in [1.165, 1.54) is 109 Å². The molecule has 0 N–H and O–H groups in total. The summed E-state index contributed by atoms with van der Waals surface area (Å²) in [5.74, 6) is 0. The van der Waals surface area contributed by atoms with Crippen LogP contribution in [0.4, 0.5) is 22.7 Å². The van der Waals surface area contributed by atoms with Crippen molar-refractivity contribution in [3.8, 4) is 11.1 Å². The molecule has 4 aliphatic heterocycles. The van der Waals surface area contributed by atoms with Crippen LogP contribution in [0.2, 0.25) is 0 Å². The molecule has 7 aromatic carbocycles. The first-order valence-electron chi connectivity index (χ1n) is 20.9. The van der Waals surface area contributed by atoms with E-state index in [1.54, 1.807) is 5.56 Å². The molecule has 1 fully saturated rings. The molecule has 7 aromatic rings. The molecule has 0 spiro atoms. The quantitative estimate of drug-likeness (QED) is 0.164. The molecule has 1 aliphatic carbocycles. The monoisotopic (exact) mass is 722 g/mol. The van der Waals surface area contributed by atoms with Crippen molar-refractivity contribution < 1.29 is 0 Å². The molecule has 1 saturated carbocycles. The average molecular weight is 723 g/mol. The fourth-order valence-corrected chi connectivity index (χ4v) is 12.4. The summed E-state index contributed by atoms with van der Waals surface area (Å²) in [6, 6.07) is 56.2. The third-order valence-corrected chi connectivity index (χ3v) is 15.2. The Labute approximate surface area is 331 Å². The molecule has 12 rings (SSSR count). The molecule has 4 heterocycles. The summed E-state index contributed by atoms with van der Waals surface area (Å²) >= 11 is 0. The Balaban J connectivity index is 1.29. The van der Waals surface area contributed by atoms with Gasteiger partial charge in [0, 0.05) is 39.1 Å². The van der Waals surface area contributed by atoms with Crippen molar-refractivity contribution in [2.45, 2.75) is 82.1 Å². The SMILES string of the molecule is CC(C)(C)c1cc2c3c(c1)C1(C)CCCCC1(C)N3c1c3c(cc4ccccc14)-c1cccc4c1N(B23)c1ccccc1C4(c1ccccc1)c1ccccc1. The van der Waals surface area contributed by atoms with Crippen molar-refractivity contribution in [3.63, 3.8) is 0 Å². The lowest BCUT2D eigenvalue weighted by molar-refractivity contribution is 0.195. The van der Waals surface area contributed by atoms with Crippen LogP contribution in [-0.4, -0.2) is 12.4 Å². The first-order valence-corrected chi connectivity index (χ1v) is 20.9. The minimum Gasteiger partial charge on any atom is -0.376 e. The van der Waals surface area contributed by atoms with E-state index in [0.717, 1.165) is 0 Å². The molecule has 0 saturated heterocycles. The summed E-state index contributed by atoms with van der Waals surface area (Å²) in [5.41, 5.74) is 19.0. The third kappa shape index (κ3) is 3.76. The van der Waals surface area contributed by atoms with Gasteiger partial charge < -0.3 is 9.71 Å². The topological polar surface area (TPSA) is 6.48 Å². The summed E-state index contributed by atoms with van der Waals surface area (Å²) in [4.78, 5) is 5.71. The highest BCUT2D eigenvalue weighted by Gasteiger charge is 2.63. The molecule has 272 valence electrons. The molecular weight excluding hydrogens is 675 g/mol. The largest absolute Gasteiger partial charge is 0.376 e. The number of fused-ring (bicyclic) bond motifs is 11. The van der Waals surface area contributed by atoms with E-state index in [9.17, 15) is 0 Å². The first kappa shape index (κ1) is 32.7. The molecule has 56 heavy (non-hydrogen) atoms. The van der Waals surface area contributed by atoms with Crippen LogP contribution in [0.1, 0.15) is 93.7 Å². The molecule has 2 unspecified atom stereocenters. The van der Waals surface area contributed by atoms with Crippen LogP contribution in [0.3, 0.4) is 0 Å².